The minimum atomic E-state index is -0.352. The highest BCUT2D eigenvalue weighted by Gasteiger charge is 2.12. The molecule has 4 nitrogen and oxygen atoms in total. The molecule has 0 heterocycles. The van der Waals surface area contributed by atoms with Gasteiger partial charge in [-0.25, -0.2) is 4.39 Å². The fourth-order valence-electron chi connectivity index (χ4n) is 3.04. The second kappa shape index (κ2) is 9.24. The maximum atomic E-state index is 13.1. The molecule has 3 aromatic rings. The van der Waals surface area contributed by atoms with E-state index in [2.05, 4.69) is 11.4 Å². The standard InChI is InChI=1S/C24H24FNO3/c1-4-28-23-10-5-18(24(27)26-21-8-6-20(25)7-9-21)14-19(23)15-29-22-12-16(2)11-17(3)13-22/h5-14H,4,15H2,1-3H3,(H,26,27). The maximum Gasteiger partial charge on any atom is 0.255 e. The maximum absolute atomic E-state index is 13.1. The summed E-state index contributed by atoms with van der Waals surface area (Å²) in [7, 11) is 0. The highest BCUT2D eigenvalue weighted by molar-refractivity contribution is 6.04. The Morgan fingerprint density at radius 1 is 0.931 bits per heavy atom. The fourth-order valence-corrected chi connectivity index (χ4v) is 3.04. The van der Waals surface area contributed by atoms with E-state index in [0.717, 1.165) is 22.4 Å². The summed E-state index contributed by atoms with van der Waals surface area (Å²) < 4.78 is 24.7. The molecule has 0 bridgehead atoms. The summed E-state index contributed by atoms with van der Waals surface area (Å²) in [4.78, 5) is 12.6. The van der Waals surface area contributed by atoms with E-state index in [1.54, 1.807) is 18.2 Å². The van der Waals surface area contributed by atoms with Gasteiger partial charge in [0.05, 0.1) is 6.61 Å². The molecule has 0 radical (unpaired) electrons. The van der Waals surface area contributed by atoms with E-state index in [9.17, 15) is 9.18 Å². The van der Waals surface area contributed by atoms with E-state index >= 15 is 0 Å². The van der Waals surface area contributed by atoms with Crippen LogP contribution < -0.4 is 14.8 Å². The molecule has 0 aliphatic rings. The molecule has 150 valence electrons. The minimum Gasteiger partial charge on any atom is -0.493 e. The Bertz CT molecular complexity index is 979. The molecule has 1 N–H and O–H groups in total. The van der Waals surface area contributed by atoms with Crippen molar-refractivity contribution < 1.29 is 18.7 Å². The minimum absolute atomic E-state index is 0.274. The van der Waals surface area contributed by atoms with Gasteiger partial charge in [0.1, 0.15) is 23.9 Å². The van der Waals surface area contributed by atoms with Crippen molar-refractivity contribution in [2.24, 2.45) is 0 Å². The molecule has 0 aliphatic carbocycles. The number of nitrogens with one attached hydrogen (secondary N) is 1. The fraction of sp³-hybridized carbons (Fsp3) is 0.208. The lowest BCUT2D eigenvalue weighted by molar-refractivity contribution is 0.102. The number of carbonyl (C=O) groups excluding carboxylic acids is 1. The molecule has 0 spiro atoms. The number of hydrogen-bond donors (Lipinski definition) is 1. The predicted octanol–water partition coefficient (Wildman–Crippen LogP) is 5.67. The Morgan fingerprint density at radius 2 is 1.62 bits per heavy atom. The van der Waals surface area contributed by atoms with E-state index in [1.165, 1.54) is 24.3 Å². The summed E-state index contributed by atoms with van der Waals surface area (Å²) in [6, 6.07) is 16.9. The van der Waals surface area contributed by atoms with Gasteiger partial charge in [0.2, 0.25) is 0 Å². The smallest absolute Gasteiger partial charge is 0.255 e. The first-order valence-corrected chi connectivity index (χ1v) is 9.48. The van der Waals surface area contributed by atoms with Crippen molar-refractivity contribution in [2.75, 3.05) is 11.9 Å². The van der Waals surface area contributed by atoms with Crippen molar-refractivity contribution in [3.8, 4) is 11.5 Å². The molecule has 3 rings (SSSR count). The predicted molar refractivity (Wildman–Crippen MR) is 112 cm³/mol. The Hall–Kier alpha value is -3.34. The molecule has 0 aliphatic heterocycles. The van der Waals surface area contributed by atoms with Gasteiger partial charge in [-0.05, 0) is 86.5 Å². The van der Waals surface area contributed by atoms with E-state index in [1.807, 2.05) is 32.9 Å². The van der Waals surface area contributed by atoms with Crippen molar-refractivity contribution in [3.05, 3.63) is 88.7 Å². The van der Waals surface area contributed by atoms with Crippen LogP contribution in [0.2, 0.25) is 0 Å². The molecule has 29 heavy (non-hydrogen) atoms. The van der Waals surface area contributed by atoms with Crippen LogP contribution in [-0.4, -0.2) is 12.5 Å². The van der Waals surface area contributed by atoms with Crippen molar-refractivity contribution >= 4 is 11.6 Å². The average molecular weight is 393 g/mol. The molecule has 5 heteroatoms. The number of carbonyl (C=O) groups is 1. The first-order valence-electron chi connectivity index (χ1n) is 9.48. The second-order valence-electron chi connectivity index (χ2n) is 6.83. The number of aryl methyl sites for hydroxylation is 2. The van der Waals surface area contributed by atoms with Crippen molar-refractivity contribution in [2.45, 2.75) is 27.4 Å². The van der Waals surface area contributed by atoms with Crippen LogP contribution in [0, 0.1) is 19.7 Å². The largest absolute Gasteiger partial charge is 0.493 e. The lowest BCUT2D eigenvalue weighted by Crippen LogP contribution is -2.13. The second-order valence-corrected chi connectivity index (χ2v) is 6.83. The van der Waals surface area contributed by atoms with Crippen LogP contribution in [0.5, 0.6) is 11.5 Å². The topological polar surface area (TPSA) is 47.6 Å². The average Bonchev–Trinajstić information content (AvgIpc) is 2.68. The van der Waals surface area contributed by atoms with Crippen molar-refractivity contribution in [3.63, 3.8) is 0 Å². The van der Waals surface area contributed by atoms with Crippen LogP contribution in [0.25, 0.3) is 0 Å². The lowest BCUT2D eigenvalue weighted by Gasteiger charge is -2.14. The molecule has 0 fully saturated rings. The van der Waals surface area contributed by atoms with Gasteiger partial charge in [-0.1, -0.05) is 6.07 Å². The number of rotatable bonds is 7. The number of halogens is 1. The summed E-state index contributed by atoms with van der Waals surface area (Å²) in [6.07, 6.45) is 0. The normalized spacial score (nSPS) is 10.5. The molecule has 0 atom stereocenters. The Kier molecular flexibility index (Phi) is 6.50. The first kappa shape index (κ1) is 20.4. The lowest BCUT2D eigenvalue weighted by atomic mass is 10.1. The monoisotopic (exact) mass is 393 g/mol. The molecule has 1 amide bonds. The van der Waals surface area contributed by atoms with E-state index in [0.29, 0.717) is 23.6 Å². The molecule has 0 aromatic heterocycles. The van der Waals surface area contributed by atoms with Crippen LogP contribution in [0.3, 0.4) is 0 Å². The zero-order valence-electron chi connectivity index (χ0n) is 16.8. The molecule has 3 aromatic carbocycles. The third-order valence-electron chi connectivity index (χ3n) is 4.31. The van der Waals surface area contributed by atoms with Crippen LogP contribution in [0.4, 0.5) is 10.1 Å². The summed E-state index contributed by atoms with van der Waals surface area (Å²) in [5, 5.41) is 2.77. The van der Waals surface area contributed by atoms with Gasteiger partial charge in [0.25, 0.3) is 5.91 Å². The summed E-state index contributed by atoms with van der Waals surface area (Å²) in [5.41, 5.74) is 4.02. The highest BCUT2D eigenvalue weighted by atomic mass is 19.1. The van der Waals surface area contributed by atoms with Gasteiger partial charge in [0, 0.05) is 16.8 Å². The van der Waals surface area contributed by atoms with E-state index in [-0.39, 0.29) is 18.3 Å². The quantitative estimate of drug-likeness (QED) is 0.562. The van der Waals surface area contributed by atoms with Gasteiger partial charge >= 0.3 is 0 Å². The summed E-state index contributed by atoms with van der Waals surface area (Å²) in [5.74, 6) is 0.809. The number of amides is 1. The van der Waals surface area contributed by atoms with Crippen LogP contribution >= 0.6 is 0 Å². The first-order chi connectivity index (χ1) is 13.9. The third kappa shape index (κ3) is 5.57. The third-order valence-corrected chi connectivity index (χ3v) is 4.31. The zero-order valence-corrected chi connectivity index (χ0v) is 16.8. The number of anilines is 1. The number of hydrogen-bond acceptors (Lipinski definition) is 3. The molecular formula is C24H24FNO3. The molecule has 0 saturated heterocycles. The Morgan fingerprint density at radius 3 is 2.28 bits per heavy atom. The number of ether oxygens (including phenoxy) is 2. The van der Waals surface area contributed by atoms with Gasteiger partial charge in [0.15, 0.2) is 0 Å². The Balaban J connectivity index is 1.79. The molecule has 0 unspecified atom stereocenters. The van der Waals surface area contributed by atoms with E-state index in [4.69, 9.17) is 9.47 Å². The Labute approximate surface area is 170 Å². The van der Waals surface area contributed by atoms with Gasteiger partial charge in [-0.2, -0.15) is 0 Å². The van der Waals surface area contributed by atoms with Gasteiger partial charge in [-0.15, -0.1) is 0 Å². The van der Waals surface area contributed by atoms with Crippen molar-refractivity contribution in [1.29, 1.82) is 0 Å². The van der Waals surface area contributed by atoms with Gasteiger partial charge < -0.3 is 14.8 Å². The zero-order chi connectivity index (χ0) is 20.8. The highest BCUT2D eigenvalue weighted by Crippen LogP contribution is 2.24. The van der Waals surface area contributed by atoms with E-state index < -0.39 is 0 Å². The summed E-state index contributed by atoms with van der Waals surface area (Å²) >= 11 is 0. The summed E-state index contributed by atoms with van der Waals surface area (Å²) in [6.45, 7) is 6.73. The van der Waals surface area contributed by atoms with Crippen LogP contribution in [0.15, 0.2) is 60.7 Å². The van der Waals surface area contributed by atoms with Crippen LogP contribution in [-0.2, 0) is 6.61 Å². The number of benzene rings is 3. The molecular weight excluding hydrogens is 369 g/mol. The van der Waals surface area contributed by atoms with Gasteiger partial charge in [-0.3, -0.25) is 4.79 Å². The van der Waals surface area contributed by atoms with Crippen molar-refractivity contribution in [1.82, 2.24) is 0 Å². The SMILES string of the molecule is CCOc1ccc(C(=O)Nc2ccc(F)cc2)cc1COc1cc(C)cc(C)c1. The van der Waals surface area contributed by atoms with Crippen LogP contribution in [0.1, 0.15) is 34.0 Å². The molecule has 0 saturated carbocycles.